The van der Waals surface area contributed by atoms with Crippen LogP contribution >= 0.6 is 0 Å². The van der Waals surface area contributed by atoms with Gasteiger partial charge in [-0.3, -0.25) is 9.59 Å². The largest absolute Gasteiger partial charge is 0.361 e. The zero-order valence-electron chi connectivity index (χ0n) is 15.9. The van der Waals surface area contributed by atoms with E-state index in [-0.39, 0.29) is 23.7 Å². The lowest BCUT2D eigenvalue weighted by Gasteiger charge is -2.11. The maximum absolute atomic E-state index is 13.8. The van der Waals surface area contributed by atoms with Crippen LogP contribution in [0.2, 0.25) is 0 Å². The molecule has 4 rings (SSSR count). The van der Waals surface area contributed by atoms with Crippen molar-refractivity contribution in [1.29, 1.82) is 0 Å². The number of nitrogens with zero attached hydrogens (tertiary/aromatic N) is 2. The molecule has 6 nitrogen and oxygen atoms in total. The van der Waals surface area contributed by atoms with Crippen molar-refractivity contribution in [3.8, 4) is 11.1 Å². The Morgan fingerprint density at radius 1 is 1.21 bits per heavy atom. The minimum absolute atomic E-state index is 0.0950. The quantitative estimate of drug-likeness (QED) is 0.568. The molecule has 0 aliphatic heterocycles. The van der Waals surface area contributed by atoms with Crippen LogP contribution in [0.1, 0.15) is 18.2 Å². The highest BCUT2D eigenvalue weighted by atomic mass is 19.1. The minimum Gasteiger partial charge on any atom is -0.361 e. The molecule has 1 amide bonds. The molecule has 2 heterocycles. The van der Waals surface area contributed by atoms with Gasteiger partial charge in [-0.2, -0.15) is 0 Å². The van der Waals surface area contributed by atoms with E-state index in [0.717, 1.165) is 16.5 Å². The highest BCUT2D eigenvalue weighted by Gasteiger charge is 2.10. The number of aromatic nitrogens is 2. The number of carbonyl (C=O) groups excluding carboxylic acids is 1. The van der Waals surface area contributed by atoms with Gasteiger partial charge in [-0.25, -0.2) is 4.39 Å². The van der Waals surface area contributed by atoms with Crippen molar-refractivity contribution in [2.24, 2.45) is 0 Å². The molecule has 2 aromatic carbocycles. The molecular weight excluding hydrogens is 373 g/mol. The number of amides is 1. The molecule has 146 valence electrons. The summed E-state index contributed by atoms with van der Waals surface area (Å²) in [6.07, 6.45) is 3.36. The van der Waals surface area contributed by atoms with Gasteiger partial charge in [0.1, 0.15) is 11.6 Å². The van der Waals surface area contributed by atoms with E-state index < -0.39 is 5.82 Å². The minimum atomic E-state index is -0.522. The van der Waals surface area contributed by atoms with Crippen LogP contribution in [-0.2, 0) is 11.3 Å². The number of nitrogens with one attached hydrogen (secondary N) is 1. The second-order valence-corrected chi connectivity index (χ2v) is 6.84. The van der Waals surface area contributed by atoms with Gasteiger partial charge in [0.2, 0.25) is 5.91 Å². The summed E-state index contributed by atoms with van der Waals surface area (Å²) < 4.78 is 20.5. The first-order valence-electron chi connectivity index (χ1n) is 9.03. The Labute approximate surface area is 165 Å². The standard InChI is InChI=1S/C22H18FN3O3/c1-13-19(11-24-29-13)16-4-5-18-17(10-16)7-8-26(22(18)28)12-15-3-6-20(23)21(9-15)25-14(2)27/h3-11H,12H2,1-2H3,(H,25,27). The van der Waals surface area contributed by atoms with Crippen LogP contribution in [0.5, 0.6) is 0 Å². The third-order valence-electron chi connectivity index (χ3n) is 4.73. The van der Waals surface area contributed by atoms with Gasteiger partial charge < -0.3 is 14.4 Å². The fourth-order valence-electron chi connectivity index (χ4n) is 3.31. The van der Waals surface area contributed by atoms with Crippen molar-refractivity contribution in [2.75, 3.05) is 5.32 Å². The van der Waals surface area contributed by atoms with E-state index in [4.69, 9.17) is 4.52 Å². The fraction of sp³-hybridized carbons (Fsp3) is 0.136. The number of hydrogen-bond acceptors (Lipinski definition) is 4. The van der Waals surface area contributed by atoms with Crippen LogP contribution in [0.3, 0.4) is 0 Å². The monoisotopic (exact) mass is 391 g/mol. The van der Waals surface area contributed by atoms with E-state index in [1.807, 2.05) is 25.1 Å². The molecule has 4 aromatic rings. The molecule has 7 heteroatoms. The number of aryl methyl sites for hydroxylation is 1. The van der Waals surface area contributed by atoms with Crippen LogP contribution in [0, 0.1) is 12.7 Å². The zero-order valence-corrected chi connectivity index (χ0v) is 15.9. The van der Waals surface area contributed by atoms with Crippen LogP contribution < -0.4 is 10.9 Å². The lowest BCUT2D eigenvalue weighted by atomic mass is 10.0. The van der Waals surface area contributed by atoms with Gasteiger partial charge in [0.05, 0.1) is 18.4 Å². The SMILES string of the molecule is CC(=O)Nc1cc(Cn2ccc3cc(-c4cnoc4C)ccc3c2=O)ccc1F. The summed E-state index contributed by atoms with van der Waals surface area (Å²) >= 11 is 0. The molecule has 0 fully saturated rings. The smallest absolute Gasteiger partial charge is 0.258 e. The predicted molar refractivity (Wildman–Crippen MR) is 108 cm³/mol. The normalized spacial score (nSPS) is 11.0. The summed E-state index contributed by atoms with van der Waals surface area (Å²) in [6, 6.07) is 11.8. The van der Waals surface area contributed by atoms with E-state index in [9.17, 15) is 14.0 Å². The first-order chi connectivity index (χ1) is 13.9. The Hall–Kier alpha value is -3.74. The van der Waals surface area contributed by atoms with Gasteiger partial charge in [0, 0.05) is 24.1 Å². The third-order valence-corrected chi connectivity index (χ3v) is 4.73. The van der Waals surface area contributed by atoms with Gasteiger partial charge in [-0.05, 0) is 53.8 Å². The van der Waals surface area contributed by atoms with Crippen LogP contribution in [0.4, 0.5) is 10.1 Å². The Kier molecular flexibility index (Phi) is 4.72. The Balaban J connectivity index is 1.69. The number of halogens is 1. The summed E-state index contributed by atoms with van der Waals surface area (Å²) in [5.41, 5.74) is 2.45. The Bertz CT molecular complexity index is 1290. The van der Waals surface area contributed by atoms with Crippen LogP contribution in [0.25, 0.3) is 21.9 Å². The first-order valence-corrected chi connectivity index (χ1v) is 9.03. The Morgan fingerprint density at radius 2 is 2.03 bits per heavy atom. The molecule has 0 saturated carbocycles. The summed E-state index contributed by atoms with van der Waals surface area (Å²) in [6.45, 7) is 3.41. The molecule has 2 aromatic heterocycles. The summed E-state index contributed by atoms with van der Waals surface area (Å²) in [5.74, 6) is -0.168. The number of pyridine rings is 1. The molecule has 0 saturated heterocycles. The topological polar surface area (TPSA) is 77.1 Å². The van der Waals surface area contributed by atoms with E-state index in [0.29, 0.717) is 16.7 Å². The van der Waals surface area contributed by atoms with Crippen molar-refractivity contribution >= 4 is 22.4 Å². The first kappa shape index (κ1) is 18.6. The summed E-state index contributed by atoms with van der Waals surface area (Å²) in [5, 5.41) is 7.63. The molecule has 0 atom stereocenters. The van der Waals surface area contributed by atoms with Crippen molar-refractivity contribution in [3.63, 3.8) is 0 Å². The van der Waals surface area contributed by atoms with Gasteiger partial charge in [0.15, 0.2) is 0 Å². The molecule has 0 aliphatic rings. The van der Waals surface area contributed by atoms with Gasteiger partial charge >= 0.3 is 0 Å². The lowest BCUT2D eigenvalue weighted by molar-refractivity contribution is -0.114. The fourth-order valence-corrected chi connectivity index (χ4v) is 3.31. The number of fused-ring (bicyclic) bond motifs is 1. The third kappa shape index (κ3) is 3.67. The van der Waals surface area contributed by atoms with Crippen molar-refractivity contribution in [2.45, 2.75) is 20.4 Å². The average molecular weight is 391 g/mol. The van der Waals surface area contributed by atoms with Crippen LogP contribution in [0.15, 0.2) is 64.2 Å². The predicted octanol–water partition coefficient (Wildman–Crippen LogP) is 4.11. The van der Waals surface area contributed by atoms with Gasteiger partial charge in [-0.15, -0.1) is 0 Å². The maximum Gasteiger partial charge on any atom is 0.258 e. The van der Waals surface area contributed by atoms with Gasteiger partial charge in [-0.1, -0.05) is 17.3 Å². The highest BCUT2D eigenvalue weighted by Crippen LogP contribution is 2.26. The Morgan fingerprint density at radius 3 is 2.76 bits per heavy atom. The molecule has 1 N–H and O–H groups in total. The molecule has 0 aliphatic carbocycles. The summed E-state index contributed by atoms with van der Waals surface area (Å²) in [4.78, 5) is 24.1. The van der Waals surface area contributed by atoms with E-state index in [1.54, 1.807) is 29.1 Å². The van der Waals surface area contributed by atoms with Crippen molar-refractivity contribution < 1.29 is 13.7 Å². The molecule has 0 bridgehead atoms. The molecule has 0 unspecified atom stereocenters. The summed E-state index contributed by atoms with van der Waals surface area (Å²) in [7, 11) is 0. The molecular formula is C22H18FN3O3. The van der Waals surface area contributed by atoms with Crippen LogP contribution in [-0.4, -0.2) is 15.6 Å². The van der Waals surface area contributed by atoms with E-state index in [1.165, 1.54) is 19.1 Å². The van der Waals surface area contributed by atoms with Gasteiger partial charge in [0.25, 0.3) is 5.56 Å². The van der Waals surface area contributed by atoms with Crippen molar-refractivity contribution in [3.05, 3.63) is 82.4 Å². The number of carbonyl (C=O) groups is 1. The molecule has 29 heavy (non-hydrogen) atoms. The second kappa shape index (κ2) is 7.35. The van der Waals surface area contributed by atoms with E-state index in [2.05, 4.69) is 10.5 Å². The average Bonchev–Trinajstić information content (AvgIpc) is 3.12. The number of benzene rings is 2. The number of anilines is 1. The highest BCUT2D eigenvalue weighted by molar-refractivity contribution is 5.89. The molecule has 0 spiro atoms. The second-order valence-electron chi connectivity index (χ2n) is 6.84. The molecule has 0 radical (unpaired) electrons. The zero-order chi connectivity index (χ0) is 20.5. The number of hydrogen-bond donors (Lipinski definition) is 1. The van der Waals surface area contributed by atoms with Crippen molar-refractivity contribution in [1.82, 2.24) is 9.72 Å². The maximum atomic E-state index is 13.8. The lowest BCUT2D eigenvalue weighted by Crippen LogP contribution is -2.20. The van der Waals surface area contributed by atoms with E-state index >= 15 is 0 Å². The number of rotatable bonds is 4.